The molecular formula is C21H17N3O3S. The van der Waals surface area contributed by atoms with Crippen LogP contribution in [0.2, 0.25) is 0 Å². The van der Waals surface area contributed by atoms with E-state index in [0.717, 1.165) is 15.8 Å². The van der Waals surface area contributed by atoms with Gasteiger partial charge in [0, 0.05) is 16.6 Å². The molecule has 0 aliphatic rings. The van der Waals surface area contributed by atoms with Crippen molar-refractivity contribution in [2.45, 2.75) is 13.5 Å². The number of hydrogen-bond acceptors (Lipinski definition) is 5. The minimum atomic E-state index is -0.305. The molecule has 2 amide bonds. The van der Waals surface area contributed by atoms with Crippen molar-refractivity contribution in [1.29, 1.82) is 0 Å². The van der Waals surface area contributed by atoms with Crippen LogP contribution >= 0.6 is 11.5 Å². The first-order valence-corrected chi connectivity index (χ1v) is 9.47. The number of hydrogen-bond donors (Lipinski definition) is 2. The average Bonchev–Trinajstić information content (AvgIpc) is 3.32. The van der Waals surface area contributed by atoms with Gasteiger partial charge in [-0.2, -0.15) is 4.37 Å². The Morgan fingerprint density at radius 1 is 1.04 bits per heavy atom. The highest BCUT2D eigenvalue weighted by Crippen LogP contribution is 2.23. The third-order valence-corrected chi connectivity index (χ3v) is 5.02. The van der Waals surface area contributed by atoms with Gasteiger partial charge in [-0.3, -0.25) is 9.59 Å². The lowest BCUT2D eigenvalue weighted by Gasteiger charge is -2.07. The Morgan fingerprint density at radius 2 is 1.89 bits per heavy atom. The molecule has 0 aliphatic heterocycles. The zero-order valence-electron chi connectivity index (χ0n) is 15.1. The van der Waals surface area contributed by atoms with Crippen molar-refractivity contribution in [2.75, 3.05) is 5.32 Å². The number of anilines is 1. The fourth-order valence-corrected chi connectivity index (χ4v) is 3.60. The molecule has 0 bridgehead atoms. The van der Waals surface area contributed by atoms with E-state index < -0.39 is 0 Å². The Balaban J connectivity index is 1.46. The van der Waals surface area contributed by atoms with E-state index >= 15 is 0 Å². The second-order valence-electron chi connectivity index (χ2n) is 6.26. The summed E-state index contributed by atoms with van der Waals surface area (Å²) in [6, 6.07) is 18.0. The van der Waals surface area contributed by atoms with E-state index in [4.69, 9.17) is 4.42 Å². The maximum Gasteiger partial charge on any atom is 0.276 e. The van der Waals surface area contributed by atoms with E-state index in [9.17, 15) is 9.59 Å². The van der Waals surface area contributed by atoms with Crippen LogP contribution in [0, 0.1) is 6.92 Å². The summed E-state index contributed by atoms with van der Waals surface area (Å²) in [4.78, 5) is 25.0. The predicted octanol–water partition coefficient (Wildman–Crippen LogP) is 4.38. The van der Waals surface area contributed by atoms with E-state index in [1.807, 2.05) is 43.3 Å². The summed E-state index contributed by atoms with van der Waals surface area (Å²) < 4.78 is 10.7. The molecule has 0 spiro atoms. The normalized spacial score (nSPS) is 10.8. The number of furan rings is 1. The molecule has 4 aromatic rings. The van der Waals surface area contributed by atoms with Crippen LogP contribution in [0.15, 0.2) is 65.1 Å². The molecule has 28 heavy (non-hydrogen) atoms. The van der Waals surface area contributed by atoms with Gasteiger partial charge in [0.15, 0.2) is 0 Å². The van der Waals surface area contributed by atoms with Crippen molar-refractivity contribution in [3.8, 4) is 0 Å². The molecule has 0 atom stereocenters. The van der Waals surface area contributed by atoms with Crippen molar-refractivity contribution >= 4 is 39.1 Å². The summed E-state index contributed by atoms with van der Waals surface area (Å²) >= 11 is 1.28. The third-order valence-electron chi connectivity index (χ3n) is 4.19. The molecule has 140 valence electrons. The number of carbonyl (C=O) groups is 2. The molecule has 0 fully saturated rings. The van der Waals surface area contributed by atoms with Crippen LogP contribution in [-0.4, -0.2) is 16.2 Å². The zero-order valence-corrected chi connectivity index (χ0v) is 15.9. The lowest BCUT2D eigenvalue weighted by Crippen LogP contribution is -2.22. The summed E-state index contributed by atoms with van der Waals surface area (Å²) in [5.74, 6) is 0.930. The molecule has 2 aromatic heterocycles. The smallest absolute Gasteiger partial charge is 0.276 e. The second kappa shape index (κ2) is 7.66. The summed E-state index contributed by atoms with van der Waals surface area (Å²) in [6.45, 7) is 2.15. The number of aryl methyl sites for hydroxylation is 1. The van der Waals surface area contributed by atoms with Crippen LogP contribution in [0.3, 0.4) is 0 Å². The Bertz CT molecular complexity index is 1160. The standard InChI is InChI=1S/C21H17N3O3S/c1-13-9-10-16(27-13)12-22-20(25)14-5-4-6-15(11-14)23-21(26)19-17-7-2-3-8-18(17)28-24-19/h2-11H,12H2,1H3,(H,22,25)(H,23,26). The lowest BCUT2D eigenvalue weighted by molar-refractivity contribution is 0.0946. The molecule has 6 nitrogen and oxygen atoms in total. The highest BCUT2D eigenvalue weighted by atomic mass is 32.1. The minimum absolute atomic E-state index is 0.246. The van der Waals surface area contributed by atoms with Crippen LogP contribution in [0.1, 0.15) is 32.4 Å². The molecule has 2 heterocycles. The molecule has 2 N–H and O–H groups in total. The number of aromatic nitrogens is 1. The molecule has 0 saturated heterocycles. The summed E-state index contributed by atoms with van der Waals surface area (Å²) in [6.07, 6.45) is 0. The largest absolute Gasteiger partial charge is 0.465 e. The number of carbonyl (C=O) groups excluding carboxylic acids is 2. The van der Waals surface area contributed by atoms with Crippen molar-refractivity contribution in [3.05, 3.63) is 83.4 Å². The highest BCUT2D eigenvalue weighted by Gasteiger charge is 2.15. The molecule has 4 rings (SSSR count). The first-order valence-electron chi connectivity index (χ1n) is 8.69. The quantitative estimate of drug-likeness (QED) is 0.529. The summed E-state index contributed by atoms with van der Waals surface area (Å²) in [5, 5.41) is 6.43. The first kappa shape index (κ1) is 17.9. The van der Waals surface area contributed by atoms with Crippen LogP contribution < -0.4 is 10.6 Å². The first-order chi connectivity index (χ1) is 13.6. The van der Waals surface area contributed by atoms with E-state index in [2.05, 4.69) is 15.0 Å². The lowest BCUT2D eigenvalue weighted by atomic mass is 10.1. The van der Waals surface area contributed by atoms with Crippen molar-refractivity contribution in [3.63, 3.8) is 0 Å². The van der Waals surface area contributed by atoms with E-state index in [-0.39, 0.29) is 11.8 Å². The Hall–Kier alpha value is -3.45. The van der Waals surface area contributed by atoms with Crippen LogP contribution in [0.4, 0.5) is 5.69 Å². The third kappa shape index (κ3) is 3.79. The minimum Gasteiger partial charge on any atom is -0.465 e. The topological polar surface area (TPSA) is 84.2 Å². The van der Waals surface area contributed by atoms with Gasteiger partial charge in [0.05, 0.1) is 11.2 Å². The van der Waals surface area contributed by atoms with Crippen molar-refractivity contribution in [1.82, 2.24) is 9.69 Å². The van der Waals surface area contributed by atoms with Gasteiger partial charge in [0.1, 0.15) is 17.2 Å². The van der Waals surface area contributed by atoms with Gasteiger partial charge < -0.3 is 15.1 Å². The Labute approximate surface area is 165 Å². The number of amides is 2. The van der Waals surface area contributed by atoms with Crippen LogP contribution in [0.5, 0.6) is 0 Å². The molecule has 0 saturated carbocycles. The van der Waals surface area contributed by atoms with E-state index in [0.29, 0.717) is 29.2 Å². The van der Waals surface area contributed by atoms with E-state index in [1.165, 1.54) is 11.5 Å². The fraction of sp³-hybridized carbons (Fsp3) is 0.0952. The van der Waals surface area contributed by atoms with Crippen LogP contribution in [-0.2, 0) is 6.54 Å². The summed E-state index contributed by atoms with van der Waals surface area (Å²) in [5.41, 5.74) is 1.36. The number of nitrogens with zero attached hydrogens (tertiary/aromatic N) is 1. The van der Waals surface area contributed by atoms with Gasteiger partial charge in [-0.1, -0.05) is 24.3 Å². The van der Waals surface area contributed by atoms with Gasteiger partial charge in [-0.05, 0) is 54.9 Å². The van der Waals surface area contributed by atoms with Crippen molar-refractivity contribution < 1.29 is 14.0 Å². The number of nitrogens with one attached hydrogen (secondary N) is 2. The van der Waals surface area contributed by atoms with Crippen molar-refractivity contribution in [2.24, 2.45) is 0 Å². The van der Waals surface area contributed by atoms with Gasteiger partial charge in [0.2, 0.25) is 0 Å². The number of benzene rings is 2. The molecule has 0 unspecified atom stereocenters. The zero-order chi connectivity index (χ0) is 19.5. The maximum atomic E-state index is 12.6. The Kier molecular flexibility index (Phi) is 4.90. The van der Waals surface area contributed by atoms with Gasteiger partial charge in [-0.15, -0.1) is 0 Å². The predicted molar refractivity (Wildman–Crippen MR) is 109 cm³/mol. The van der Waals surface area contributed by atoms with Gasteiger partial charge >= 0.3 is 0 Å². The number of fused-ring (bicyclic) bond motifs is 1. The maximum absolute atomic E-state index is 12.6. The average molecular weight is 391 g/mol. The molecule has 0 radical (unpaired) electrons. The molecule has 0 aliphatic carbocycles. The molecule has 2 aromatic carbocycles. The fourth-order valence-electron chi connectivity index (χ4n) is 2.83. The SMILES string of the molecule is Cc1ccc(CNC(=O)c2cccc(NC(=O)c3nsc4ccccc34)c2)o1. The van der Waals surface area contributed by atoms with Gasteiger partial charge in [0.25, 0.3) is 11.8 Å². The van der Waals surface area contributed by atoms with Crippen LogP contribution in [0.25, 0.3) is 10.1 Å². The van der Waals surface area contributed by atoms with E-state index in [1.54, 1.807) is 24.3 Å². The number of rotatable bonds is 5. The Morgan fingerprint density at radius 3 is 2.71 bits per heavy atom. The molecule has 7 heteroatoms. The monoisotopic (exact) mass is 391 g/mol. The second-order valence-corrected chi connectivity index (χ2v) is 7.06. The highest BCUT2D eigenvalue weighted by molar-refractivity contribution is 7.13. The molecular weight excluding hydrogens is 374 g/mol. The van der Waals surface area contributed by atoms with Gasteiger partial charge in [-0.25, -0.2) is 0 Å². The summed E-state index contributed by atoms with van der Waals surface area (Å²) in [7, 11) is 0.